The van der Waals surface area contributed by atoms with Crippen molar-refractivity contribution >= 4 is 17.2 Å². The molecule has 25 heavy (non-hydrogen) atoms. The summed E-state index contributed by atoms with van der Waals surface area (Å²) >= 11 is 1.47. The number of likely N-dealkylation sites (tertiary alicyclic amines) is 1. The molecule has 0 bridgehead atoms. The van der Waals surface area contributed by atoms with Crippen LogP contribution in [-0.4, -0.2) is 48.7 Å². The fourth-order valence-electron chi connectivity index (χ4n) is 3.50. The van der Waals surface area contributed by atoms with Crippen LogP contribution in [0.15, 0.2) is 35.8 Å². The Kier molecular flexibility index (Phi) is 4.15. The lowest BCUT2D eigenvalue weighted by molar-refractivity contribution is 0.0659. The van der Waals surface area contributed by atoms with Gasteiger partial charge in [0.25, 0.3) is 5.91 Å². The molecule has 2 fully saturated rings. The van der Waals surface area contributed by atoms with E-state index in [4.69, 9.17) is 14.7 Å². The Balaban J connectivity index is 1.45. The first kappa shape index (κ1) is 16.1. The van der Waals surface area contributed by atoms with Crippen LogP contribution in [0.2, 0.25) is 0 Å². The van der Waals surface area contributed by atoms with Gasteiger partial charge in [-0.05, 0) is 17.5 Å². The number of ether oxygens (including phenoxy) is 2. The average molecular weight is 355 g/mol. The van der Waals surface area contributed by atoms with E-state index in [1.54, 1.807) is 12.1 Å². The van der Waals surface area contributed by atoms with Gasteiger partial charge in [-0.15, -0.1) is 11.3 Å². The molecule has 0 aliphatic carbocycles. The van der Waals surface area contributed by atoms with Crippen molar-refractivity contribution in [1.82, 2.24) is 9.88 Å². The average Bonchev–Trinajstić information content (AvgIpc) is 3.35. The molecule has 128 valence electrons. The third-order valence-corrected chi connectivity index (χ3v) is 5.77. The summed E-state index contributed by atoms with van der Waals surface area (Å²) in [5.41, 5.74) is 0.309. The second-order valence-electron chi connectivity index (χ2n) is 6.52. The number of hydrogen-bond acceptors (Lipinski definition) is 6. The quantitative estimate of drug-likeness (QED) is 0.840. The van der Waals surface area contributed by atoms with Crippen molar-refractivity contribution in [3.63, 3.8) is 0 Å². The van der Waals surface area contributed by atoms with Gasteiger partial charge in [0.15, 0.2) is 0 Å². The number of thiophene rings is 1. The normalized spacial score (nSPS) is 24.8. The van der Waals surface area contributed by atoms with E-state index in [0.717, 1.165) is 4.88 Å². The minimum atomic E-state index is -0.192. The van der Waals surface area contributed by atoms with Crippen LogP contribution in [0, 0.1) is 22.7 Å². The summed E-state index contributed by atoms with van der Waals surface area (Å²) in [6.45, 7) is 3.01. The minimum absolute atomic E-state index is 0.0836. The van der Waals surface area contributed by atoms with E-state index in [1.165, 1.54) is 17.5 Å². The third-order valence-electron chi connectivity index (χ3n) is 4.91. The number of amides is 1. The second kappa shape index (κ2) is 6.47. The molecule has 1 amide bonds. The minimum Gasteiger partial charge on any atom is -0.477 e. The van der Waals surface area contributed by atoms with Gasteiger partial charge in [-0.1, -0.05) is 6.07 Å². The van der Waals surface area contributed by atoms with Gasteiger partial charge in [0.1, 0.15) is 6.07 Å². The fourth-order valence-corrected chi connectivity index (χ4v) is 4.19. The third kappa shape index (κ3) is 2.99. The molecule has 2 aliphatic heterocycles. The van der Waals surface area contributed by atoms with Gasteiger partial charge in [-0.25, -0.2) is 4.98 Å². The fraction of sp³-hybridized carbons (Fsp3) is 0.389. The van der Waals surface area contributed by atoms with Crippen molar-refractivity contribution in [2.45, 2.75) is 0 Å². The summed E-state index contributed by atoms with van der Waals surface area (Å²) in [6, 6.07) is 9.18. The molecule has 0 spiro atoms. The summed E-state index contributed by atoms with van der Waals surface area (Å²) in [4.78, 5) is 19.5. The first-order valence-electron chi connectivity index (χ1n) is 8.10. The molecule has 0 unspecified atom stereocenters. The Labute approximate surface area is 149 Å². The predicted molar refractivity (Wildman–Crippen MR) is 91.4 cm³/mol. The molecule has 4 rings (SSSR count). The smallest absolute Gasteiger partial charge is 0.263 e. The highest BCUT2D eigenvalue weighted by atomic mass is 32.1. The molecule has 2 atom stereocenters. The molecule has 0 saturated carbocycles. The van der Waals surface area contributed by atoms with Crippen LogP contribution in [0.25, 0.3) is 0 Å². The van der Waals surface area contributed by atoms with Gasteiger partial charge in [-0.3, -0.25) is 4.79 Å². The van der Waals surface area contributed by atoms with Crippen molar-refractivity contribution < 1.29 is 14.3 Å². The molecule has 0 N–H and O–H groups in total. The zero-order valence-corrected chi connectivity index (χ0v) is 14.4. The molecule has 0 radical (unpaired) electrons. The van der Waals surface area contributed by atoms with E-state index < -0.39 is 0 Å². The Morgan fingerprint density at radius 2 is 2.44 bits per heavy atom. The topological polar surface area (TPSA) is 75.5 Å². The summed E-state index contributed by atoms with van der Waals surface area (Å²) in [7, 11) is 0. The SMILES string of the molecule is N#Cc1ccc(OC[C@@]23COC[C@@H]2CN(C(=O)c2cccs2)C3)nc1. The Bertz CT molecular complexity index is 800. The maximum Gasteiger partial charge on any atom is 0.263 e. The number of hydrogen-bond donors (Lipinski definition) is 0. The molecular weight excluding hydrogens is 338 g/mol. The van der Waals surface area contributed by atoms with Crippen molar-refractivity contribution in [1.29, 1.82) is 5.26 Å². The van der Waals surface area contributed by atoms with Gasteiger partial charge in [0.2, 0.25) is 5.88 Å². The number of nitrogens with zero attached hydrogens (tertiary/aromatic N) is 3. The van der Waals surface area contributed by atoms with E-state index in [2.05, 4.69) is 4.98 Å². The zero-order chi connectivity index (χ0) is 17.3. The van der Waals surface area contributed by atoms with Gasteiger partial charge >= 0.3 is 0 Å². The van der Waals surface area contributed by atoms with Crippen molar-refractivity contribution in [3.8, 4) is 11.9 Å². The molecule has 2 aromatic heterocycles. The standard InChI is InChI=1S/C18H17N3O3S/c19-6-13-3-4-16(20-7-13)24-12-18-10-21(8-14(18)9-23-11-18)17(22)15-2-1-5-25-15/h1-5,7,14H,8-12H2/t14-,18+/m0/s1. The van der Waals surface area contributed by atoms with Crippen LogP contribution >= 0.6 is 11.3 Å². The van der Waals surface area contributed by atoms with E-state index in [1.807, 2.05) is 28.5 Å². The Morgan fingerprint density at radius 1 is 1.52 bits per heavy atom. The van der Waals surface area contributed by atoms with Gasteiger partial charge in [-0.2, -0.15) is 5.26 Å². The van der Waals surface area contributed by atoms with Gasteiger partial charge in [0, 0.05) is 31.3 Å². The maximum atomic E-state index is 12.6. The Morgan fingerprint density at radius 3 is 3.16 bits per heavy atom. The summed E-state index contributed by atoms with van der Waals surface area (Å²) in [5.74, 6) is 0.845. The maximum absolute atomic E-state index is 12.6. The number of pyridine rings is 1. The lowest BCUT2D eigenvalue weighted by Gasteiger charge is -2.26. The predicted octanol–water partition coefficient (Wildman–Crippen LogP) is 2.18. The summed E-state index contributed by atoms with van der Waals surface area (Å²) < 4.78 is 11.6. The molecule has 7 heteroatoms. The summed E-state index contributed by atoms with van der Waals surface area (Å²) in [6.07, 6.45) is 1.50. The number of aromatic nitrogens is 1. The number of carbonyl (C=O) groups is 1. The van der Waals surface area contributed by atoms with Crippen LogP contribution in [0.5, 0.6) is 5.88 Å². The van der Waals surface area contributed by atoms with Crippen LogP contribution in [0.4, 0.5) is 0 Å². The zero-order valence-electron chi connectivity index (χ0n) is 13.6. The first-order chi connectivity index (χ1) is 12.2. The lowest BCUT2D eigenvalue weighted by atomic mass is 9.82. The van der Waals surface area contributed by atoms with Crippen LogP contribution in [0.3, 0.4) is 0 Å². The van der Waals surface area contributed by atoms with Crippen LogP contribution < -0.4 is 4.74 Å². The van der Waals surface area contributed by atoms with Crippen molar-refractivity contribution in [2.75, 3.05) is 32.9 Å². The van der Waals surface area contributed by atoms with E-state index in [0.29, 0.717) is 44.4 Å². The molecule has 2 saturated heterocycles. The first-order valence-corrected chi connectivity index (χ1v) is 8.98. The highest BCUT2D eigenvalue weighted by molar-refractivity contribution is 7.12. The lowest BCUT2D eigenvalue weighted by Crippen LogP contribution is -2.38. The van der Waals surface area contributed by atoms with Crippen molar-refractivity contribution in [2.24, 2.45) is 11.3 Å². The molecule has 2 aromatic rings. The molecule has 0 aromatic carbocycles. The highest BCUT2D eigenvalue weighted by Crippen LogP contribution is 2.42. The van der Waals surface area contributed by atoms with Gasteiger partial charge < -0.3 is 14.4 Å². The van der Waals surface area contributed by atoms with E-state index in [9.17, 15) is 4.79 Å². The van der Waals surface area contributed by atoms with E-state index in [-0.39, 0.29) is 17.2 Å². The monoisotopic (exact) mass is 355 g/mol. The number of carbonyl (C=O) groups excluding carboxylic acids is 1. The van der Waals surface area contributed by atoms with Gasteiger partial charge in [0.05, 0.1) is 35.7 Å². The van der Waals surface area contributed by atoms with Crippen LogP contribution in [-0.2, 0) is 4.74 Å². The number of nitriles is 1. The molecule has 2 aliphatic rings. The molecule has 4 heterocycles. The molecular formula is C18H17N3O3S. The largest absolute Gasteiger partial charge is 0.477 e. The second-order valence-corrected chi connectivity index (χ2v) is 7.47. The van der Waals surface area contributed by atoms with E-state index >= 15 is 0 Å². The number of rotatable bonds is 4. The summed E-state index contributed by atoms with van der Waals surface area (Å²) in [5, 5.41) is 10.7. The van der Waals surface area contributed by atoms with Crippen LogP contribution in [0.1, 0.15) is 15.2 Å². The highest BCUT2D eigenvalue weighted by Gasteiger charge is 2.52. The number of fused-ring (bicyclic) bond motifs is 1. The Hall–Kier alpha value is -2.43. The van der Waals surface area contributed by atoms with Crippen molar-refractivity contribution in [3.05, 3.63) is 46.3 Å². The molecule has 6 nitrogen and oxygen atoms in total.